The first-order valence-electron chi connectivity index (χ1n) is 12.9. The highest BCUT2D eigenvalue weighted by molar-refractivity contribution is 7.92. The monoisotopic (exact) mass is 605 g/mol. The SMILES string of the molecule is C[C@H](CO)N1C[C@H](C)[C@@H](CN(C)S(=O)(=O)c2ccc(F)cc2)Oc2c(NS(=O)(=O)c3ccccc3)cccc2C1=O. The first-order chi connectivity index (χ1) is 19.3. The van der Waals surface area contributed by atoms with Crippen LogP contribution in [0, 0.1) is 11.7 Å². The summed E-state index contributed by atoms with van der Waals surface area (Å²) >= 11 is 0. The van der Waals surface area contributed by atoms with Crippen LogP contribution in [0.2, 0.25) is 0 Å². The molecular formula is C28H32FN3O7S2. The number of carbonyl (C=O) groups excluding carboxylic acids is 1. The summed E-state index contributed by atoms with van der Waals surface area (Å²) in [7, 11) is -6.75. The molecule has 0 aromatic heterocycles. The van der Waals surface area contributed by atoms with Gasteiger partial charge in [0, 0.05) is 19.5 Å². The molecule has 3 aromatic rings. The van der Waals surface area contributed by atoms with Crippen LogP contribution in [0.15, 0.2) is 82.6 Å². The average Bonchev–Trinajstić information content (AvgIpc) is 2.95. The molecule has 1 amide bonds. The molecule has 1 heterocycles. The number of hydrogen-bond donors (Lipinski definition) is 2. The number of ether oxygens (including phenoxy) is 1. The summed E-state index contributed by atoms with van der Waals surface area (Å²) in [6.07, 6.45) is -0.849. The molecular weight excluding hydrogens is 573 g/mol. The Hall–Kier alpha value is -3.52. The molecule has 0 unspecified atom stereocenters. The standard InChI is InChI=1S/C28H32FN3O7S2/c1-19-16-32(20(2)18-33)28(34)24-10-7-11-25(30-40(35,36)22-8-5-4-6-9-22)27(24)39-26(19)17-31(3)41(37,38)23-14-12-21(29)13-15-23/h4-15,19-20,26,30,33H,16-18H2,1-3H3/t19-,20+,26+/m0/s1. The van der Waals surface area contributed by atoms with E-state index < -0.39 is 49.8 Å². The summed E-state index contributed by atoms with van der Waals surface area (Å²) in [6, 6.07) is 16.0. The average molecular weight is 606 g/mol. The summed E-state index contributed by atoms with van der Waals surface area (Å²) in [4.78, 5) is 15.0. The van der Waals surface area contributed by atoms with Crippen LogP contribution in [0.1, 0.15) is 24.2 Å². The Kier molecular flexibility index (Phi) is 9.02. The summed E-state index contributed by atoms with van der Waals surface area (Å²) in [6.45, 7) is 3.09. The first kappa shape index (κ1) is 30.4. The number of halogens is 1. The number of aliphatic hydroxyl groups is 1. The fourth-order valence-electron chi connectivity index (χ4n) is 4.48. The number of fused-ring (bicyclic) bond motifs is 1. The van der Waals surface area contributed by atoms with Crippen molar-refractivity contribution in [2.45, 2.75) is 35.8 Å². The van der Waals surface area contributed by atoms with Gasteiger partial charge in [0.25, 0.3) is 15.9 Å². The van der Waals surface area contributed by atoms with Crippen molar-refractivity contribution in [2.24, 2.45) is 5.92 Å². The van der Waals surface area contributed by atoms with Gasteiger partial charge < -0.3 is 14.7 Å². The minimum absolute atomic E-state index is 0.000320. The van der Waals surface area contributed by atoms with Crippen LogP contribution >= 0.6 is 0 Å². The number of sulfonamides is 2. The van der Waals surface area contributed by atoms with Crippen LogP contribution in [0.3, 0.4) is 0 Å². The number of aliphatic hydroxyl groups excluding tert-OH is 1. The normalized spacial score (nSPS) is 18.7. The molecule has 41 heavy (non-hydrogen) atoms. The number of carbonyl (C=O) groups is 1. The number of rotatable bonds is 9. The number of hydrogen-bond acceptors (Lipinski definition) is 7. The van der Waals surface area contributed by atoms with Crippen molar-refractivity contribution in [2.75, 3.05) is 31.5 Å². The van der Waals surface area contributed by atoms with E-state index in [9.17, 15) is 31.1 Å². The topological polar surface area (TPSA) is 133 Å². The number of nitrogens with zero attached hydrogens (tertiary/aromatic N) is 2. The Balaban J connectivity index is 1.76. The molecule has 3 atom stereocenters. The predicted molar refractivity (Wildman–Crippen MR) is 151 cm³/mol. The summed E-state index contributed by atoms with van der Waals surface area (Å²) in [5.41, 5.74) is 0.0546. The van der Waals surface area contributed by atoms with Crippen molar-refractivity contribution in [3.8, 4) is 5.75 Å². The molecule has 0 bridgehead atoms. The molecule has 1 aliphatic rings. The Morgan fingerprint density at radius 1 is 1.02 bits per heavy atom. The summed E-state index contributed by atoms with van der Waals surface area (Å²) in [5.74, 6) is -1.56. The minimum Gasteiger partial charge on any atom is -0.486 e. The minimum atomic E-state index is -4.07. The molecule has 10 nitrogen and oxygen atoms in total. The van der Waals surface area contributed by atoms with Crippen LogP contribution in [0.5, 0.6) is 5.75 Å². The summed E-state index contributed by atoms with van der Waals surface area (Å²) < 4.78 is 76.2. The lowest BCUT2D eigenvalue weighted by molar-refractivity contribution is 0.0389. The van der Waals surface area contributed by atoms with Gasteiger partial charge in [0.15, 0.2) is 5.75 Å². The third-order valence-electron chi connectivity index (χ3n) is 6.95. The van der Waals surface area contributed by atoms with Gasteiger partial charge in [0.1, 0.15) is 11.9 Å². The van der Waals surface area contributed by atoms with Crippen molar-refractivity contribution < 1.29 is 35.9 Å². The van der Waals surface area contributed by atoms with E-state index in [0.29, 0.717) is 0 Å². The maximum Gasteiger partial charge on any atom is 0.262 e. The van der Waals surface area contributed by atoms with Crippen LogP contribution in [-0.2, 0) is 20.0 Å². The Bertz CT molecular complexity index is 1600. The second kappa shape index (κ2) is 12.1. The lowest BCUT2D eigenvalue weighted by atomic mass is 9.99. The van der Waals surface area contributed by atoms with Gasteiger partial charge in [0.05, 0.1) is 40.2 Å². The quantitative estimate of drug-likeness (QED) is 0.383. The van der Waals surface area contributed by atoms with Crippen molar-refractivity contribution in [3.63, 3.8) is 0 Å². The Labute approximate surface area is 239 Å². The number of para-hydroxylation sites is 1. The highest BCUT2D eigenvalue weighted by Gasteiger charge is 2.36. The zero-order valence-electron chi connectivity index (χ0n) is 22.8. The largest absolute Gasteiger partial charge is 0.486 e. The molecule has 3 aromatic carbocycles. The molecule has 0 aliphatic carbocycles. The zero-order valence-corrected chi connectivity index (χ0v) is 24.4. The van der Waals surface area contributed by atoms with Crippen molar-refractivity contribution in [3.05, 3.63) is 84.2 Å². The molecule has 0 saturated heterocycles. The van der Waals surface area contributed by atoms with E-state index in [4.69, 9.17) is 4.74 Å². The fourth-order valence-corrected chi connectivity index (χ4v) is 6.75. The molecule has 4 rings (SSSR count). The maximum atomic E-state index is 13.6. The van der Waals surface area contributed by atoms with Gasteiger partial charge in [0.2, 0.25) is 10.0 Å². The molecule has 0 fully saturated rings. The van der Waals surface area contributed by atoms with Gasteiger partial charge in [-0.05, 0) is 55.5 Å². The lowest BCUT2D eigenvalue weighted by Crippen LogP contribution is -2.50. The Morgan fingerprint density at radius 2 is 1.68 bits per heavy atom. The van der Waals surface area contributed by atoms with E-state index in [1.54, 1.807) is 32.0 Å². The Morgan fingerprint density at radius 3 is 2.32 bits per heavy atom. The van der Waals surface area contributed by atoms with E-state index in [2.05, 4.69) is 4.72 Å². The van der Waals surface area contributed by atoms with Gasteiger partial charge in [-0.15, -0.1) is 0 Å². The number of benzene rings is 3. The lowest BCUT2D eigenvalue weighted by Gasteiger charge is -2.38. The van der Waals surface area contributed by atoms with Gasteiger partial charge in [-0.1, -0.05) is 31.2 Å². The third kappa shape index (κ3) is 6.53. The van der Waals surface area contributed by atoms with Crippen LogP contribution in [0.4, 0.5) is 10.1 Å². The highest BCUT2D eigenvalue weighted by atomic mass is 32.2. The molecule has 1 aliphatic heterocycles. The van der Waals surface area contributed by atoms with Gasteiger partial charge in [-0.25, -0.2) is 21.2 Å². The van der Waals surface area contributed by atoms with Gasteiger partial charge >= 0.3 is 0 Å². The number of amides is 1. The van der Waals surface area contributed by atoms with Crippen LogP contribution in [-0.4, -0.2) is 75.9 Å². The number of likely N-dealkylation sites (N-methyl/N-ethyl adjacent to an activating group) is 1. The number of anilines is 1. The third-order valence-corrected chi connectivity index (χ3v) is 10.2. The van der Waals surface area contributed by atoms with E-state index in [1.165, 1.54) is 54.4 Å². The molecule has 0 saturated carbocycles. The van der Waals surface area contributed by atoms with Crippen molar-refractivity contribution in [1.29, 1.82) is 0 Å². The van der Waals surface area contributed by atoms with Crippen LogP contribution in [0.25, 0.3) is 0 Å². The zero-order chi connectivity index (χ0) is 29.9. The van der Waals surface area contributed by atoms with E-state index >= 15 is 0 Å². The summed E-state index contributed by atoms with van der Waals surface area (Å²) in [5, 5.41) is 9.87. The molecule has 0 spiro atoms. The molecule has 220 valence electrons. The predicted octanol–water partition coefficient (Wildman–Crippen LogP) is 3.17. The van der Waals surface area contributed by atoms with E-state index in [0.717, 1.165) is 16.4 Å². The molecule has 13 heteroatoms. The van der Waals surface area contributed by atoms with Crippen molar-refractivity contribution >= 4 is 31.6 Å². The maximum absolute atomic E-state index is 13.6. The van der Waals surface area contributed by atoms with E-state index in [-0.39, 0.29) is 46.5 Å². The number of nitrogens with one attached hydrogen (secondary N) is 1. The second-order valence-electron chi connectivity index (χ2n) is 9.96. The molecule has 0 radical (unpaired) electrons. The van der Waals surface area contributed by atoms with Gasteiger partial charge in [-0.2, -0.15) is 4.31 Å². The smallest absolute Gasteiger partial charge is 0.262 e. The fraction of sp³-hybridized carbons (Fsp3) is 0.321. The first-order valence-corrected chi connectivity index (χ1v) is 15.8. The van der Waals surface area contributed by atoms with Crippen molar-refractivity contribution in [1.82, 2.24) is 9.21 Å². The second-order valence-corrected chi connectivity index (χ2v) is 13.7. The molecule has 2 N–H and O–H groups in total. The van der Waals surface area contributed by atoms with Gasteiger partial charge in [-0.3, -0.25) is 9.52 Å². The highest BCUT2D eigenvalue weighted by Crippen LogP contribution is 2.36. The van der Waals surface area contributed by atoms with E-state index in [1.807, 2.05) is 0 Å². The van der Waals surface area contributed by atoms with Crippen LogP contribution < -0.4 is 9.46 Å².